The minimum atomic E-state index is -4.51. The summed E-state index contributed by atoms with van der Waals surface area (Å²) >= 11 is 0. The maximum atomic E-state index is 14.5. The third-order valence-electron chi connectivity index (χ3n) is 8.73. The van der Waals surface area contributed by atoms with Gasteiger partial charge in [-0.1, -0.05) is 34.6 Å². The molecule has 0 bridgehead atoms. The summed E-state index contributed by atoms with van der Waals surface area (Å²) in [5.41, 5.74) is -2.29. The van der Waals surface area contributed by atoms with Gasteiger partial charge in [0.1, 0.15) is 7.85 Å². The summed E-state index contributed by atoms with van der Waals surface area (Å²) in [5, 5.41) is 17.9. The molecule has 0 aromatic heterocycles. The van der Waals surface area contributed by atoms with Gasteiger partial charge in [0.25, 0.3) is 0 Å². The van der Waals surface area contributed by atoms with Crippen molar-refractivity contribution in [2.24, 2.45) is 5.92 Å². The Morgan fingerprint density at radius 2 is 1.56 bits per heavy atom. The Labute approximate surface area is 207 Å². The van der Waals surface area contributed by atoms with Crippen LogP contribution in [0.15, 0.2) is 0 Å². The number of aliphatic hydroxyl groups is 2. The Balaban J connectivity index is 3.43. The van der Waals surface area contributed by atoms with Crippen molar-refractivity contribution in [2.45, 2.75) is 134 Å². The van der Waals surface area contributed by atoms with E-state index in [4.69, 9.17) is 21.6 Å². The molecule has 0 aromatic rings. The van der Waals surface area contributed by atoms with Crippen LogP contribution in [0.4, 0.5) is 0 Å². The highest BCUT2D eigenvalue weighted by Crippen LogP contribution is 2.69. The molecular weight excluding hydrogens is 477 g/mol. The van der Waals surface area contributed by atoms with Gasteiger partial charge in [-0.2, -0.15) is 0 Å². The van der Waals surface area contributed by atoms with Gasteiger partial charge in [0, 0.05) is 18.6 Å². The summed E-state index contributed by atoms with van der Waals surface area (Å²) in [5.74, 6) is -0.339. The SMILES string of the molecule is [B]C1CC(O)C(C(C)C(C)(CC)OP(C)(=O)C(C)(CC)C(C)(CC)OP(=O)(O)C(C)(O)CC)O1. The van der Waals surface area contributed by atoms with E-state index in [2.05, 4.69) is 0 Å². The lowest BCUT2D eigenvalue weighted by Gasteiger charge is -2.52. The molecule has 200 valence electrons. The number of rotatable bonds is 13. The molecule has 0 spiro atoms. The van der Waals surface area contributed by atoms with Gasteiger partial charge in [-0.05, 0) is 59.8 Å². The van der Waals surface area contributed by atoms with E-state index in [1.165, 1.54) is 13.6 Å². The van der Waals surface area contributed by atoms with Crippen molar-refractivity contribution in [1.82, 2.24) is 0 Å². The summed E-state index contributed by atoms with van der Waals surface area (Å²) in [6.07, 6.45) is 0.0898. The number of ether oxygens (including phenoxy) is 1. The Morgan fingerprint density at radius 1 is 1.03 bits per heavy atom. The summed E-state index contributed by atoms with van der Waals surface area (Å²) in [4.78, 5) is 10.7. The predicted molar refractivity (Wildman–Crippen MR) is 137 cm³/mol. The van der Waals surface area contributed by atoms with E-state index in [9.17, 15) is 24.2 Å². The van der Waals surface area contributed by atoms with Crippen molar-refractivity contribution in [1.29, 1.82) is 0 Å². The van der Waals surface area contributed by atoms with Gasteiger partial charge in [0.2, 0.25) is 7.37 Å². The molecule has 1 fully saturated rings. The van der Waals surface area contributed by atoms with Crippen molar-refractivity contribution in [3.63, 3.8) is 0 Å². The molecule has 1 aliphatic heterocycles. The third-order valence-corrected chi connectivity index (χ3v) is 14.3. The zero-order valence-electron chi connectivity index (χ0n) is 22.7. The van der Waals surface area contributed by atoms with Gasteiger partial charge in [-0.3, -0.25) is 13.7 Å². The zero-order chi connectivity index (χ0) is 27.0. The smallest absolute Gasteiger partial charge is 0.359 e. The van der Waals surface area contributed by atoms with E-state index in [1.54, 1.807) is 27.7 Å². The van der Waals surface area contributed by atoms with Crippen molar-refractivity contribution in [3.8, 4) is 0 Å². The molecule has 1 rings (SSSR count). The molecule has 1 heterocycles. The quantitative estimate of drug-likeness (QED) is 0.227. The second-order valence-electron chi connectivity index (χ2n) is 10.7. The highest BCUT2D eigenvalue weighted by atomic mass is 31.2. The van der Waals surface area contributed by atoms with Crippen LogP contribution in [0.25, 0.3) is 0 Å². The van der Waals surface area contributed by atoms with Crippen LogP contribution in [-0.2, 0) is 22.9 Å². The first-order valence-corrected chi connectivity index (χ1v) is 16.0. The normalized spacial score (nSPS) is 32.9. The fourth-order valence-electron chi connectivity index (χ4n) is 4.69. The molecule has 1 aliphatic rings. The van der Waals surface area contributed by atoms with Crippen LogP contribution in [-0.4, -0.2) is 69.5 Å². The monoisotopic (exact) mass is 524 g/mol. The molecule has 1 saturated heterocycles. The molecule has 34 heavy (non-hydrogen) atoms. The van der Waals surface area contributed by atoms with E-state index in [-0.39, 0.29) is 18.8 Å². The van der Waals surface area contributed by atoms with Gasteiger partial charge >= 0.3 is 7.60 Å². The molecule has 3 N–H and O–H groups in total. The average molecular weight is 524 g/mol. The lowest BCUT2D eigenvalue weighted by molar-refractivity contribution is -0.0806. The molecule has 2 radical (unpaired) electrons. The summed E-state index contributed by atoms with van der Waals surface area (Å²) < 4.78 is 45.6. The average Bonchev–Trinajstić information content (AvgIpc) is 3.08. The van der Waals surface area contributed by atoms with Crippen LogP contribution >= 0.6 is 15.0 Å². The fourth-order valence-corrected chi connectivity index (χ4v) is 9.17. The molecule has 10 atom stereocenters. The first-order valence-electron chi connectivity index (χ1n) is 12.4. The minimum absolute atomic E-state index is 0.0149. The lowest BCUT2D eigenvalue weighted by Crippen LogP contribution is -2.53. The standard InChI is InChI=1S/C23H47BO8P2/c1-11-20(6,16(5)19-17(25)15-18(24)30-19)31-33(10,27)22(8,13-3)21(7,12-2)32-34(28,29)23(9,26)14-4/h16-19,25-26H,11-15H2,1-10H3,(H,28,29). The van der Waals surface area contributed by atoms with E-state index in [0.717, 1.165) is 0 Å². The van der Waals surface area contributed by atoms with Crippen LogP contribution in [0.5, 0.6) is 0 Å². The number of hydrogen-bond acceptors (Lipinski definition) is 7. The van der Waals surface area contributed by atoms with Crippen molar-refractivity contribution >= 4 is 22.8 Å². The van der Waals surface area contributed by atoms with E-state index >= 15 is 0 Å². The Bertz CT molecular complexity index is 795. The largest absolute Gasteiger partial charge is 0.390 e. The first kappa shape index (κ1) is 32.3. The van der Waals surface area contributed by atoms with Gasteiger partial charge in [-0.15, -0.1) is 0 Å². The molecule has 0 amide bonds. The second kappa shape index (κ2) is 11.0. The Morgan fingerprint density at radius 3 is 1.91 bits per heavy atom. The summed E-state index contributed by atoms with van der Waals surface area (Å²) in [6.45, 7) is 17.1. The van der Waals surface area contributed by atoms with Crippen LogP contribution < -0.4 is 0 Å². The van der Waals surface area contributed by atoms with Gasteiger partial charge in [0.15, 0.2) is 5.34 Å². The molecular formula is C23H47BO8P2. The fraction of sp³-hybridized carbons (Fsp3) is 1.00. The van der Waals surface area contributed by atoms with Crippen molar-refractivity contribution in [2.75, 3.05) is 6.66 Å². The maximum absolute atomic E-state index is 14.5. The van der Waals surface area contributed by atoms with E-state index < -0.39 is 54.9 Å². The molecule has 0 aliphatic carbocycles. The van der Waals surface area contributed by atoms with Crippen LogP contribution in [0, 0.1) is 5.92 Å². The van der Waals surface area contributed by atoms with Gasteiger partial charge < -0.3 is 24.4 Å². The Hall–Kier alpha value is 0.285. The Kier molecular flexibility index (Phi) is 10.4. The minimum Gasteiger partial charge on any atom is -0.390 e. The van der Waals surface area contributed by atoms with Crippen LogP contribution in [0.3, 0.4) is 0 Å². The van der Waals surface area contributed by atoms with Crippen LogP contribution in [0.2, 0.25) is 0 Å². The molecule has 8 nitrogen and oxygen atoms in total. The highest BCUT2D eigenvalue weighted by molar-refractivity contribution is 7.60. The summed E-state index contributed by atoms with van der Waals surface area (Å²) in [6, 6.07) is -0.570. The van der Waals surface area contributed by atoms with Gasteiger partial charge in [-0.25, -0.2) is 0 Å². The number of hydrogen-bond donors (Lipinski definition) is 3. The summed E-state index contributed by atoms with van der Waals surface area (Å²) in [7, 11) is -2.21. The molecule has 10 unspecified atom stereocenters. The molecule has 11 heteroatoms. The van der Waals surface area contributed by atoms with Gasteiger partial charge in [0.05, 0.1) is 28.6 Å². The van der Waals surface area contributed by atoms with Crippen molar-refractivity contribution in [3.05, 3.63) is 0 Å². The van der Waals surface area contributed by atoms with E-state index in [1.807, 2.05) is 27.7 Å². The predicted octanol–water partition coefficient (Wildman–Crippen LogP) is 5.02. The zero-order valence-corrected chi connectivity index (χ0v) is 24.5. The topological polar surface area (TPSA) is 123 Å². The van der Waals surface area contributed by atoms with Crippen LogP contribution in [0.1, 0.15) is 94.4 Å². The lowest BCUT2D eigenvalue weighted by atomic mass is 9.82. The maximum Gasteiger partial charge on any atom is 0.359 e. The first-order chi connectivity index (χ1) is 15.2. The second-order valence-corrected chi connectivity index (χ2v) is 15.8. The third kappa shape index (κ3) is 5.88. The number of aliphatic hydroxyl groups excluding tert-OH is 1. The van der Waals surface area contributed by atoms with E-state index in [0.29, 0.717) is 19.3 Å². The molecule has 0 aromatic carbocycles. The van der Waals surface area contributed by atoms with Crippen molar-refractivity contribution < 1.29 is 38.0 Å². The highest BCUT2D eigenvalue weighted by Gasteiger charge is 2.60. The molecule has 0 saturated carbocycles.